The lowest BCUT2D eigenvalue weighted by Crippen LogP contribution is -2.67. The number of piperazine rings is 1. The van der Waals surface area contributed by atoms with Crippen LogP contribution < -0.4 is 18.5 Å². The maximum Gasteiger partial charge on any atom is 0.407 e. The molecule has 3 aliphatic rings. The third-order valence-corrected chi connectivity index (χ3v) is 11.8. The average Bonchev–Trinajstić information content (AvgIpc) is 3.38. The number of fused-ring (bicyclic) bond motifs is 1. The van der Waals surface area contributed by atoms with Crippen LogP contribution in [-0.4, -0.2) is 118 Å². The fraction of sp³-hybridized carbons (Fsp3) is 0.429. The molecule has 2 fully saturated rings. The molecule has 2 amide bonds. The predicted molar refractivity (Wildman–Crippen MR) is 182 cm³/mol. The van der Waals surface area contributed by atoms with E-state index in [-0.39, 0.29) is 59.9 Å². The number of rotatable bonds is 9. The zero-order valence-electron chi connectivity index (χ0n) is 28.7. The zero-order valence-corrected chi connectivity index (χ0v) is 29.5. The van der Waals surface area contributed by atoms with E-state index in [1.165, 1.54) is 50.7 Å². The molecule has 4 heterocycles. The van der Waals surface area contributed by atoms with Gasteiger partial charge in [0.15, 0.2) is 0 Å². The Balaban J connectivity index is 1.67. The SMILES string of the molecule is CCOc1ncccc1C1(C2CN(C3CCN(C)CC3)CCN2C(=O)O)C(=O)N(S(=O)(=O)c2ccc(OC)cc2OC)c2cc(F)c(C#N)cc21. The van der Waals surface area contributed by atoms with Crippen molar-refractivity contribution in [3.63, 3.8) is 0 Å². The summed E-state index contributed by atoms with van der Waals surface area (Å²) in [6.45, 7) is 3.83. The third-order valence-electron chi connectivity index (χ3n) is 10.1. The van der Waals surface area contributed by atoms with Gasteiger partial charge in [-0.3, -0.25) is 9.69 Å². The number of carboxylic acid groups (broad SMARTS) is 1. The number of pyridine rings is 1. The molecule has 1 N–H and O–H groups in total. The third kappa shape index (κ3) is 5.88. The largest absolute Gasteiger partial charge is 0.497 e. The minimum atomic E-state index is -4.92. The maximum absolute atomic E-state index is 15.7. The summed E-state index contributed by atoms with van der Waals surface area (Å²) in [6.07, 6.45) is 1.70. The molecule has 0 radical (unpaired) electrons. The van der Waals surface area contributed by atoms with Crippen molar-refractivity contribution in [2.24, 2.45) is 0 Å². The number of likely N-dealkylation sites (tertiary alicyclic amines) is 1. The smallest absolute Gasteiger partial charge is 0.407 e. The zero-order chi connectivity index (χ0) is 36.7. The number of amides is 2. The minimum absolute atomic E-state index is 0.00765. The molecule has 2 saturated heterocycles. The van der Waals surface area contributed by atoms with Crippen molar-refractivity contribution < 1.29 is 41.7 Å². The second kappa shape index (κ2) is 14.0. The van der Waals surface area contributed by atoms with E-state index >= 15 is 9.18 Å². The van der Waals surface area contributed by atoms with Crippen LogP contribution in [0.1, 0.15) is 36.5 Å². The Kier molecular flexibility index (Phi) is 9.82. The van der Waals surface area contributed by atoms with Crippen LogP contribution in [0.5, 0.6) is 17.4 Å². The van der Waals surface area contributed by atoms with E-state index in [1.54, 1.807) is 13.0 Å². The number of nitrogens with zero attached hydrogens (tertiary/aromatic N) is 6. The van der Waals surface area contributed by atoms with Crippen LogP contribution in [-0.2, 0) is 20.2 Å². The Bertz CT molecular complexity index is 2000. The van der Waals surface area contributed by atoms with Crippen molar-refractivity contribution >= 4 is 27.7 Å². The van der Waals surface area contributed by atoms with Gasteiger partial charge < -0.3 is 29.1 Å². The van der Waals surface area contributed by atoms with Crippen LogP contribution in [0.2, 0.25) is 0 Å². The Labute approximate surface area is 295 Å². The highest BCUT2D eigenvalue weighted by atomic mass is 32.2. The predicted octanol–water partition coefficient (Wildman–Crippen LogP) is 3.29. The van der Waals surface area contributed by atoms with Crippen molar-refractivity contribution in [1.29, 1.82) is 5.26 Å². The van der Waals surface area contributed by atoms with E-state index < -0.39 is 49.8 Å². The number of carbonyl (C=O) groups excluding carboxylic acids is 1. The highest BCUT2D eigenvalue weighted by Gasteiger charge is 2.64. The molecule has 6 rings (SSSR count). The second-order valence-corrected chi connectivity index (χ2v) is 14.4. The highest BCUT2D eigenvalue weighted by Crippen LogP contribution is 2.55. The fourth-order valence-corrected chi connectivity index (χ4v) is 9.25. The van der Waals surface area contributed by atoms with E-state index in [9.17, 15) is 23.6 Å². The van der Waals surface area contributed by atoms with Gasteiger partial charge >= 0.3 is 6.09 Å². The quantitative estimate of drug-likeness (QED) is 0.343. The summed E-state index contributed by atoms with van der Waals surface area (Å²) in [5, 5.41) is 20.7. The molecule has 51 heavy (non-hydrogen) atoms. The topological polar surface area (TPSA) is 166 Å². The second-order valence-electron chi connectivity index (χ2n) is 12.7. The lowest BCUT2D eigenvalue weighted by molar-refractivity contribution is -0.124. The van der Waals surface area contributed by atoms with E-state index in [2.05, 4.69) is 14.8 Å². The molecule has 14 nitrogen and oxygen atoms in total. The van der Waals surface area contributed by atoms with Crippen LogP contribution in [0.15, 0.2) is 53.6 Å². The number of methoxy groups -OCH3 is 2. The van der Waals surface area contributed by atoms with E-state index in [1.807, 2.05) is 7.05 Å². The van der Waals surface area contributed by atoms with E-state index in [4.69, 9.17) is 14.2 Å². The first kappa shape index (κ1) is 35.8. The summed E-state index contributed by atoms with van der Waals surface area (Å²) < 4.78 is 62.4. The number of carbonyl (C=O) groups is 2. The standard InChI is InChI=1S/C35H39FN6O8S/c1-5-50-32-25(7-6-12-38-32)35(31-21-40(15-16-41(31)34(44)45)23-10-13-39(2)14-11-23)26-17-22(20-37)27(36)19-28(26)42(33(35)43)51(46,47)30-9-8-24(48-3)18-29(30)49-4/h6-9,12,17-19,23,31H,5,10-11,13-16,21H2,1-4H3,(H,44,45). The molecule has 2 unspecified atom stereocenters. The average molecular weight is 723 g/mol. The summed E-state index contributed by atoms with van der Waals surface area (Å²) >= 11 is 0. The normalized spacial score (nSPS) is 21.6. The van der Waals surface area contributed by atoms with Crippen molar-refractivity contribution in [2.75, 3.05) is 64.9 Å². The molecule has 0 spiro atoms. The summed E-state index contributed by atoms with van der Waals surface area (Å²) in [7, 11) is -0.242. The van der Waals surface area contributed by atoms with Gasteiger partial charge in [-0.25, -0.2) is 26.9 Å². The van der Waals surface area contributed by atoms with Crippen molar-refractivity contribution in [1.82, 2.24) is 19.7 Å². The number of hydrogen-bond acceptors (Lipinski definition) is 11. The number of piperidine rings is 1. The van der Waals surface area contributed by atoms with Crippen LogP contribution in [0.4, 0.5) is 14.9 Å². The fourth-order valence-electron chi connectivity index (χ4n) is 7.64. The molecule has 2 atom stereocenters. The van der Waals surface area contributed by atoms with Gasteiger partial charge in [-0.15, -0.1) is 0 Å². The summed E-state index contributed by atoms with van der Waals surface area (Å²) in [6, 6.07) is 9.56. The van der Waals surface area contributed by atoms with Gasteiger partial charge in [0.2, 0.25) is 5.88 Å². The van der Waals surface area contributed by atoms with Crippen LogP contribution in [0, 0.1) is 17.1 Å². The number of anilines is 1. The number of aromatic nitrogens is 1. The van der Waals surface area contributed by atoms with Gasteiger partial charge in [0, 0.05) is 55.1 Å². The van der Waals surface area contributed by atoms with Crippen molar-refractivity contribution in [3.05, 3.63) is 71.2 Å². The van der Waals surface area contributed by atoms with Crippen molar-refractivity contribution in [2.45, 2.75) is 42.2 Å². The Morgan fingerprint density at radius 1 is 1.10 bits per heavy atom. The maximum atomic E-state index is 15.7. The van der Waals surface area contributed by atoms with E-state index in [0.717, 1.165) is 43.0 Å². The Morgan fingerprint density at radius 2 is 1.84 bits per heavy atom. The minimum Gasteiger partial charge on any atom is -0.497 e. The summed E-state index contributed by atoms with van der Waals surface area (Å²) in [5.41, 5.74) is -3.00. The first-order chi connectivity index (χ1) is 24.4. The number of nitriles is 1. The monoisotopic (exact) mass is 722 g/mol. The van der Waals surface area contributed by atoms with Crippen LogP contribution in [0.3, 0.4) is 0 Å². The van der Waals surface area contributed by atoms with Crippen LogP contribution >= 0.6 is 0 Å². The molecule has 3 aliphatic heterocycles. The highest BCUT2D eigenvalue weighted by molar-refractivity contribution is 7.93. The van der Waals surface area contributed by atoms with Gasteiger partial charge in [0.05, 0.1) is 38.1 Å². The lowest BCUT2D eigenvalue weighted by Gasteiger charge is -2.50. The van der Waals surface area contributed by atoms with E-state index in [0.29, 0.717) is 10.8 Å². The molecule has 2 aromatic carbocycles. The number of benzene rings is 2. The summed E-state index contributed by atoms with van der Waals surface area (Å²) in [5.74, 6) is -2.05. The molecule has 0 bridgehead atoms. The first-order valence-corrected chi connectivity index (χ1v) is 17.9. The lowest BCUT2D eigenvalue weighted by atomic mass is 9.68. The molecular weight excluding hydrogens is 683 g/mol. The number of sulfonamides is 1. The van der Waals surface area contributed by atoms with Gasteiger partial charge in [-0.1, -0.05) is 6.07 Å². The Morgan fingerprint density at radius 3 is 2.49 bits per heavy atom. The molecule has 3 aromatic rings. The van der Waals surface area contributed by atoms with Gasteiger partial charge in [0.25, 0.3) is 15.9 Å². The number of hydrogen-bond donors (Lipinski definition) is 1. The number of halogens is 1. The molecular formula is C35H39FN6O8S. The molecule has 0 aliphatic carbocycles. The van der Waals surface area contributed by atoms with Gasteiger partial charge in [-0.05, 0) is 64.2 Å². The molecule has 270 valence electrons. The number of ether oxygens (including phenoxy) is 3. The first-order valence-electron chi connectivity index (χ1n) is 16.5. The van der Waals surface area contributed by atoms with Crippen molar-refractivity contribution in [3.8, 4) is 23.4 Å². The van der Waals surface area contributed by atoms with Gasteiger partial charge in [0.1, 0.15) is 33.7 Å². The van der Waals surface area contributed by atoms with Crippen LogP contribution in [0.25, 0.3) is 0 Å². The Hall–Kier alpha value is -4.98. The molecule has 16 heteroatoms. The molecule has 1 aromatic heterocycles. The van der Waals surface area contributed by atoms with Gasteiger partial charge in [-0.2, -0.15) is 5.26 Å². The molecule has 0 saturated carbocycles. The summed E-state index contributed by atoms with van der Waals surface area (Å²) in [4.78, 5) is 38.2.